The molecule has 4 rings (SSSR count). The highest BCUT2D eigenvalue weighted by molar-refractivity contribution is 5.79. The van der Waals surface area contributed by atoms with Gasteiger partial charge in [-0.15, -0.1) is 0 Å². The number of hydrogen-bond acceptors (Lipinski definition) is 5. The summed E-state index contributed by atoms with van der Waals surface area (Å²) in [7, 11) is 1.65. The van der Waals surface area contributed by atoms with E-state index in [4.69, 9.17) is 4.74 Å². The second-order valence-corrected chi connectivity index (χ2v) is 6.18. The van der Waals surface area contributed by atoms with E-state index in [0.717, 1.165) is 11.4 Å². The summed E-state index contributed by atoms with van der Waals surface area (Å²) in [5, 5.41) is 0. The molecule has 8 heteroatoms. The summed E-state index contributed by atoms with van der Waals surface area (Å²) >= 11 is 0. The van der Waals surface area contributed by atoms with Crippen LogP contribution in [0.1, 0.15) is 13.8 Å². The number of rotatable bonds is 4. The van der Waals surface area contributed by atoms with Gasteiger partial charge in [0, 0.05) is 26.7 Å². The molecule has 0 saturated heterocycles. The van der Waals surface area contributed by atoms with E-state index >= 15 is 0 Å². The summed E-state index contributed by atoms with van der Waals surface area (Å²) in [6.07, 6.45) is 0. The van der Waals surface area contributed by atoms with Gasteiger partial charge in [0.15, 0.2) is 11.2 Å². The minimum atomic E-state index is -0.344. The maximum absolute atomic E-state index is 12.8. The highest BCUT2D eigenvalue weighted by Gasteiger charge is 2.29. The Morgan fingerprint density at radius 1 is 1.15 bits per heavy atom. The summed E-state index contributed by atoms with van der Waals surface area (Å²) in [5.41, 5.74) is 1.16. The summed E-state index contributed by atoms with van der Waals surface area (Å²) < 4.78 is 10.3. The predicted octanol–water partition coefficient (Wildman–Crippen LogP) is 1.47. The molecular formula is C18H21N5O3. The fourth-order valence-electron chi connectivity index (χ4n) is 3.54. The zero-order valence-electron chi connectivity index (χ0n) is 15.1. The molecule has 0 amide bonds. The third-order valence-corrected chi connectivity index (χ3v) is 4.77. The van der Waals surface area contributed by atoms with Crippen molar-refractivity contribution in [3.05, 3.63) is 45.1 Å². The second-order valence-electron chi connectivity index (χ2n) is 6.18. The molecule has 3 aromatic rings. The molecule has 0 spiro atoms. The zero-order chi connectivity index (χ0) is 18.4. The maximum atomic E-state index is 12.8. The van der Waals surface area contributed by atoms with E-state index in [9.17, 15) is 9.59 Å². The largest absolute Gasteiger partial charge is 0.492 e. The number of nitrogens with zero attached hydrogens (tertiary/aromatic N) is 5. The molecule has 0 fully saturated rings. The molecule has 0 aliphatic carbocycles. The van der Waals surface area contributed by atoms with Crippen molar-refractivity contribution in [1.29, 1.82) is 0 Å². The molecule has 8 nitrogen and oxygen atoms in total. The topological polar surface area (TPSA) is 74.3 Å². The minimum Gasteiger partial charge on any atom is -0.492 e. The van der Waals surface area contributed by atoms with Crippen molar-refractivity contribution < 1.29 is 4.74 Å². The smallest absolute Gasteiger partial charge is 0.332 e. The third-order valence-electron chi connectivity index (χ3n) is 4.77. The molecule has 0 radical (unpaired) electrons. The van der Waals surface area contributed by atoms with Crippen molar-refractivity contribution in [3.8, 4) is 5.75 Å². The van der Waals surface area contributed by atoms with Crippen LogP contribution in [0.25, 0.3) is 11.2 Å². The quantitative estimate of drug-likeness (QED) is 0.708. The number of benzene rings is 1. The van der Waals surface area contributed by atoms with Crippen LogP contribution in [0.4, 0.5) is 11.6 Å². The lowest BCUT2D eigenvalue weighted by Crippen LogP contribution is -2.39. The van der Waals surface area contributed by atoms with E-state index in [0.29, 0.717) is 43.4 Å². The van der Waals surface area contributed by atoms with Gasteiger partial charge in [0.1, 0.15) is 5.75 Å². The van der Waals surface area contributed by atoms with Crippen LogP contribution < -0.4 is 20.9 Å². The standard InChI is InChI=1S/C18H21N5O3/c1-4-21-16(24)14-15(20(3)18(21)25)19-17-22(10-11-23(14)17)12-8-6-7-9-13(12)26-5-2/h6-9H,4-5,10-11H2,1-3H3. The van der Waals surface area contributed by atoms with Crippen molar-refractivity contribution >= 4 is 22.8 Å². The lowest BCUT2D eigenvalue weighted by atomic mass is 10.2. The molecule has 26 heavy (non-hydrogen) atoms. The van der Waals surface area contributed by atoms with Crippen LogP contribution in [0.5, 0.6) is 5.75 Å². The number of aryl methyl sites for hydroxylation is 1. The van der Waals surface area contributed by atoms with E-state index in [2.05, 4.69) is 4.98 Å². The van der Waals surface area contributed by atoms with E-state index in [-0.39, 0.29) is 11.2 Å². The van der Waals surface area contributed by atoms with Gasteiger partial charge in [-0.2, -0.15) is 4.98 Å². The Morgan fingerprint density at radius 3 is 2.65 bits per heavy atom. The zero-order valence-corrected chi connectivity index (χ0v) is 15.1. The van der Waals surface area contributed by atoms with Crippen molar-refractivity contribution in [1.82, 2.24) is 18.7 Å². The van der Waals surface area contributed by atoms with Crippen LogP contribution in [-0.4, -0.2) is 31.8 Å². The Kier molecular flexibility index (Phi) is 3.82. The Bertz CT molecular complexity index is 1110. The fraction of sp³-hybridized carbons (Fsp3) is 0.389. The molecule has 1 aliphatic heterocycles. The number of hydrogen-bond donors (Lipinski definition) is 0. The minimum absolute atomic E-state index is 0.288. The SMILES string of the molecule is CCOc1ccccc1N1CCn2c1nc1c2c(=O)n(CC)c(=O)n1C. The predicted molar refractivity (Wildman–Crippen MR) is 99.5 cm³/mol. The summed E-state index contributed by atoms with van der Waals surface area (Å²) in [5.74, 6) is 1.43. The Balaban J connectivity index is 1.96. The van der Waals surface area contributed by atoms with E-state index in [1.54, 1.807) is 14.0 Å². The molecule has 2 aromatic heterocycles. The van der Waals surface area contributed by atoms with Crippen LogP contribution in [-0.2, 0) is 20.1 Å². The van der Waals surface area contributed by atoms with Crippen LogP contribution in [0, 0.1) is 0 Å². The summed E-state index contributed by atoms with van der Waals surface area (Å²) in [4.78, 5) is 31.9. The molecule has 1 aliphatic rings. The number of fused-ring (bicyclic) bond motifs is 3. The highest BCUT2D eigenvalue weighted by atomic mass is 16.5. The first-order chi connectivity index (χ1) is 12.6. The fourth-order valence-corrected chi connectivity index (χ4v) is 3.54. The van der Waals surface area contributed by atoms with Crippen molar-refractivity contribution in [2.45, 2.75) is 26.9 Å². The van der Waals surface area contributed by atoms with Gasteiger partial charge in [0.25, 0.3) is 5.56 Å². The molecular weight excluding hydrogens is 334 g/mol. The van der Waals surface area contributed by atoms with Crippen LogP contribution in [0.2, 0.25) is 0 Å². The van der Waals surface area contributed by atoms with Gasteiger partial charge in [-0.05, 0) is 26.0 Å². The first kappa shape index (κ1) is 16.4. The number of anilines is 2. The Hall–Kier alpha value is -3.03. The first-order valence-corrected chi connectivity index (χ1v) is 8.77. The molecule has 0 N–H and O–H groups in total. The number of ether oxygens (including phenoxy) is 1. The van der Waals surface area contributed by atoms with Gasteiger partial charge in [-0.1, -0.05) is 12.1 Å². The molecule has 136 valence electrons. The summed E-state index contributed by atoms with van der Waals surface area (Å²) in [6, 6.07) is 7.77. The monoisotopic (exact) mass is 355 g/mol. The maximum Gasteiger partial charge on any atom is 0.332 e. The number of aromatic nitrogens is 4. The van der Waals surface area contributed by atoms with Gasteiger partial charge >= 0.3 is 5.69 Å². The van der Waals surface area contributed by atoms with Crippen LogP contribution in [0.15, 0.2) is 33.9 Å². The molecule has 0 atom stereocenters. The lowest BCUT2D eigenvalue weighted by Gasteiger charge is -2.19. The van der Waals surface area contributed by atoms with Crippen LogP contribution in [0.3, 0.4) is 0 Å². The van der Waals surface area contributed by atoms with Crippen molar-refractivity contribution in [2.75, 3.05) is 18.1 Å². The molecule has 1 aromatic carbocycles. The Morgan fingerprint density at radius 2 is 1.92 bits per heavy atom. The van der Waals surface area contributed by atoms with Gasteiger partial charge in [0.2, 0.25) is 5.95 Å². The first-order valence-electron chi connectivity index (χ1n) is 8.77. The molecule has 0 unspecified atom stereocenters. The van der Waals surface area contributed by atoms with Crippen LogP contribution >= 0.6 is 0 Å². The number of para-hydroxylation sites is 2. The molecule has 0 bridgehead atoms. The summed E-state index contributed by atoms with van der Waals surface area (Å²) in [6.45, 7) is 5.95. The third kappa shape index (κ3) is 2.18. The lowest BCUT2D eigenvalue weighted by molar-refractivity contribution is 0.341. The average molecular weight is 355 g/mol. The Labute approximate surface area is 149 Å². The average Bonchev–Trinajstić information content (AvgIpc) is 3.20. The normalized spacial score (nSPS) is 13.4. The number of imidazole rings is 1. The van der Waals surface area contributed by atoms with E-state index in [1.165, 1.54) is 9.13 Å². The van der Waals surface area contributed by atoms with Gasteiger partial charge in [-0.3, -0.25) is 13.9 Å². The van der Waals surface area contributed by atoms with Crippen molar-refractivity contribution in [3.63, 3.8) is 0 Å². The highest BCUT2D eigenvalue weighted by Crippen LogP contribution is 2.37. The van der Waals surface area contributed by atoms with Crippen molar-refractivity contribution in [2.24, 2.45) is 7.05 Å². The van der Waals surface area contributed by atoms with Gasteiger partial charge < -0.3 is 14.2 Å². The van der Waals surface area contributed by atoms with E-state index in [1.807, 2.05) is 40.7 Å². The molecule has 0 saturated carbocycles. The van der Waals surface area contributed by atoms with Gasteiger partial charge in [0.05, 0.1) is 12.3 Å². The van der Waals surface area contributed by atoms with Gasteiger partial charge in [-0.25, -0.2) is 4.79 Å². The molecule has 3 heterocycles. The van der Waals surface area contributed by atoms with E-state index < -0.39 is 0 Å². The second kappa shape index (κ2) is 6.05.